The largest absolute Gasteiger partial charge is 0.513 e. The molecule has 2 aromatic rings. The molecule has 30 heavy (non-hydrogen) atoms. The summed E-state index contributed by atoms with van der Waals surface area (Å²) in [7, 11) is 0. The van der Waals surface area contributed by atoms with Gasteiger partial charge in [-0.1, -0.05) is 11.6 Å². The normalized spacial score (nSPS) is 16.7. The SMILES string of the molecule is Cc1cc(N[C@@H]2CCCN(CCOC(=O)Oc3ccc([N+](=O)[O-])cc3)C2)nnc1Cl. The zero-order valence-electron chi connectivity index (χ0n) is 16.4. The Morgan fingerprint density at radius 1 is 1.37 bits per heavy atom. The van der Waals surface area contributed by atoms with E-state index < -0.39 is 11.1 Å². The molecule has 1 saturated heterocycles. The molecule has 1 N–H and O–H groups in total. The van der Waals surface area contributed by atoms with E-state index in [9.17, 15) is 14.9 Å². The summed E-state index contributed by atoms with van der Waals surface area (Å²) in [5, 5.41) is 22.4. The Kier molecular flexibility index (Phi) is 7.36. The van der Waals surface area contributed by atoms with Crippen LogP contribution in [0.15, 0.2) is 30.3 Å². The van der Waals surface area contributed by atoms with Gasteiger partial charge in [0.25, 0.3) is 5.69 Å². The van der Waals surface area contributed by atoms with E-state index in [0.717, 1.165) is 31.5 Å². The smallest absolute Gasteiger partial charge is 0.433 e. The number of hydrogen-bond donors (Lipinski definition) is 1. The van der Waals surface area contributed by atoms with Gasteiger partial charge >= 0.3 is 6.16 Å². The third-order valence-electron chi connectivity index (χ3n) is 4.66. The highest BCUT2D eigenvalue weighted by Crippen LogP contribution is 2.19. The second kappa shape index (κ2) is 10.2. The van der Waals surface area contributed by atoms with E-state index >= 15 is 0 Å². The predicted molar refractivity (Wildman–Crippen MR) is 110 cm³/mol. The van der Waals surface area contributed by atoms with Gasteiger partial charge in [-0.25, -0.2) is 4.79 Å². The van der Waals surface area contributed by atoms with Crippen LogP contribution >= 0.6 is 11.6 Å². The summed E-state index contributed by atoms with van der Waals surface area (Å²) < 4.78 is 10.1. The lowest BCUT2D eigenvalue weighted by Crippen LogP contribution is -2.43. The Morgan fingerprint density at radius 3 is 2.83 bits per heavy atom. The number of nitrogens with one attached hydrogen (secondary N) is 1. The molecule has 0 radical (unpaired) electrons. The van der Waals surface area contributed by atoms with Crippen molar-refractivity contribution in [1.29, 1.82) is 0 Å². The summed E-state index contributed by atoms with van der Waals surface area (Å²) in [5.74, 6) is 0.874. The molecule has 0 aliphatic carbocycles. The summed E-state index contributed by atoms with van der Waals surface area (Å²) in [6, 6.07) is 7.29. The fourth-order valence-corrected chi connectivity index (χ4v) is 3.24. The zero-order chi connectivity index (χ0) is 21.5. The van der Waals surface area contributed by atoms with Crippen molar-refractivity contribution in [3.8, 4) is 5.75 Å². The molecule has 1 aliphatic rings. The molecule has 0 unspecified atom stereocenters. The molecule has 160 valence electrons. The molecule has 1 aromatic heterocycles. The van der Waals surface area contributed by atoms with E-state index in [1.54, 1.807) is 0 Å². The van der Waals surface area contributed by atoms with Gasteiger partial charge in [-0.3, -0.25) is 15.0 Å². The van der Waals surface area contributed by atoms with E-state index in [4.69, 9.17) is 21.1 Å². The van der Waals surface area contributed by atoms with Crippen LogP contribution in [0.25, 0.3) is 0 Å². The molecule has 0 bridgehead atoms. The number of anilines is 1. The van der Waals surface area contributed by atoms with Crippen LogP contribution in [-0.2, 0) is 4.74 Å². The standard InChI is InChI=1S/C19H22ClN5O5/c1-13-11-17(22-23-18(13)20)21-14-3-2-8-24(12-14)9-10-29-19(26)30-16-6-4-15(5-7-16)25(27)28/h4-7,11,14H,2-3,8-10,12H2,1H3,(H,21,22)/t14-/m1/s1. The number of carbonyl (C=O) groups is 1. The van der Waals surface area contributed by atoms with Crippen LogP contribution in [0.4, 0.5) is 16.3 Å². The minimum Gasteiger partial charge on any atom is -0.433 e. The van der Waals surface area contributed by atoms with Gasteiger partial charge in [0.1, 0.15) is 18.2 Å². The maximum Gasteiger partial charge on any atom is 0.513 e. The lowest BCUT2D eigenvalue weighted by molar-refractivity contribution is -0.384. The first-order chi connectivity index (χ1) is 14.4. The topological polar surface area (TPSA) is 120 Å². The van der Waals surface area contributed by atoms with Gasteiger partial charge in [-0.2, -0.15) is 0 Å². The fraction of sp³-hybridized carbons (Fsp3) is 0.421. The third kappa shape index (κ3) is 6.26. The second-order valence-electron chi connectivity index (χ2n) is 6.94. The van der Waals surface area contributed by atoms with Gasteiger partial charge in [0.15, 0.2) is 5.15 Å². The van der Waals surface area contributed by atoms with Crippen molar-refractivity contribution in [3.05, 3.63) is 51.2 Å². The van der Waals surface area contributed by atoms with E-state index in [0.29, 0.717) is 17.5 Å². The first-order valence-electron chi connectivity index (χ1n) is 9.48. The summed E-state index contributed by atoms with van der Waals surface area (Å²) in [6.07, 6.45) is 1.16. The van der Waals surface area contributed by atoms with Gasteiger partial charge in [-0.15, -0.1) is 10.2 Å². The molecule has 2 heterocycles. The van der Waals surface area contributed by atoms with Crippen LogP contribution in [0, 0.1) is 17.0 Å². The maximum atomic E-state index is 11.8. The van der Waals surface area contributed by atoms with Crippen LogP contribution < -0.4 is 10.1 Å². The lowest BCUT2D eigenvalue weighted by atomic mass is 10.1. The van der Waals surface area contributed by atoms with Crippen LogP contribution in [0.5, 0.6) is 5.75 Å². The Bertz CT molecular complexity index is 895. The number of carbonyl (C=O) groups excluding carboxylic acids is 1. The number of rotatable bonds is 7. The molecular formula is C19H22ClN5O5. The number of ether oxygens (including phenoxy) is 2. The number of halogens is 1. The number of aromatic nitrogens is 2. The van der Waals surface area contributed by atoms with Gasteiger partial charge in [0.05, 0.1) is 4.92 Å². The van der Waals surface area contributed by atoms with Gasteiger partial charge in [-0.05, 0) is 50.1 Å². The summed E-state index contributed by atoms with van der Waals surface area (Å²) in [4.78, 5) is 24.1. The molecule has 1 atom stereocenters. The first-order valence-corrected chi connectivity index (χ1v) is 9.86. The number of nitrogens with zero attached hydrogens (tertiary/aromatic N) is 4. The van der Waals surface area contributed by atoms with Gasteiger partial charge < -0.3 is 14.8 Å². The number of nitro groups is 1. The number of piperidine rings is 1. The average Bonchev–Trinajstić information content (AvgIpc) is 2.71. The highest BCUT2D eigenvalue weighted by Gasteiger charge is 2.21. The molecule has 1 fully saturated rings. The molecule has 1 aliphatic heterocycles. The van der Waals surface area contributed by atoms with Crippen molar-refractivity contribution < 1.29 is 19.2 Å². The molecule has 0 spiro atoms. The van der Waals surface area contributed by atoms with Crippen molar-refractivity contribution in [1.82, 2.24) is 15.1 Å². The van der Waals surface area contributed by atoms with Crippen molar-refractivity contribution in [3.63, 3.8) is 0 Å². The summed E-state index contributed by atoms with van der Waals surface area (Å²) in [5.41, 5.74) is 0.783. The van der Waals surface area contributed by atoms with Crippen LogP contribution in [-0.4, -0.2) is 58.5 Å². The third-order valence-corrected chi connectivity index (χ3v) is 5.03. The minimum absolute atomic E-state index is 0.0799. The Hall–Kier alpha value is -2.98. The predicted octanol–water partition coefficient (Wildman–Crippen LogP) is 3.44. The number of aryl methyl sites for hydroxylation is 1. The number of hydrogen-bond acceptors (Lipinski definition) is 9. The zero-order valence-corrected chi connectivity index (χ0v) is 17.2. The van der Waals surface area contributed by atoms with Crippen LogP contribution in [0.2, 0.25) is 5.15 Å². The number of non-ortho nitro benzene ring substituents is 1. The lowest BCUT2D eigenvalue weighted by Gasteiger charge is -2.33. The molecule has 0 amide bonds. The molecule has 3 rings (SSSR count). The number of benzene rings is 1. The maximum absolute atomic E-state index is 11.8. The summed E-state index contributed by atoms with van der Waals surface area (Å²) >= 11 is 5.91. The van der Waals surface area contributed by atoms with Crippen molar-refractivity contribution >= 4 is 29.3 Å². The second-order valence-corrected chi connectivity index (χ2v) is 7.30. The van der Waals surface area contributed by atoms with E-state index in [1.807, 2.05) is 13.0 Å². The van der Waals surface area contributed by atoms with E-state index in [2.05, 4.69) is 20.4 Å². The Labute approximate surface area is 178 Å². The van der Waals surface area contributed by atoms with Crippen molar-refractivity contribution in [2.75, 3.05) is 31.6 Å². The Balaban J connectivity index is 1.40. The molecule has 10 nitrogen and oxygen atoms in total. The first kappa shape index (κ1) is 21.7. The van der Waals surface area contributed by atoms with Gasteiger partial charge in [0.2, 0.25) is 0 Å². The highest BCUT2D eigenvalue weighted by atomic mass is 35.5. The van der Waals surface area contributed by atoms with Crippen molar-refractivity contribution in [2.24, 2.45) is 0 Å². The fourth-order valence-electron chi connectivity index (χ4n) is 3.15. The average molecular weight is 436 g/mol. The van der Waals surface area contributed by atoms with E-state index in [-0.39, 0.29) is 24.1 Å². The molecule has 11 heteroatoms. The minimum atomic E-state index is -0.845. The van der Waals surface area contributed by atoms with Crippen molar-refractivity contribution in [2.45, 2.75) is 25.8 Å². The molecule has 1 aromatic carbocycles. The highest BCUT2D eigenvalue weighted by molar-refractivity contribution is 6.30. The van der Waals surface area contributed by atoms with Crippen LogP contribution in [0.1, 0.15) is 18.4 Å². The Morgan fingerprint density at radius 2 is 2.13 bits per heavy atom. The number of nitro benzene ring substituents is 1. The quantitative estimate of drug-likeness (QED) is 0.301. The molecule has 0 saturated carbocycles. The molecular weight excluding hydrogens is 414 g/mol. The summed E-state index contributed by atoms with van der Waals surface area (Å²) in [6.45, 7) is 4.31. The van der Waals surface area contributed by atoms with Crippen LogP contribution in [0.3, 0.4) is 0 Å². The van der Waals surface area contributed by atoms with E-state index in [1.165, 1.54) is 24.3 Å². The number of likely N-dealkylation sites (tertiary alicyclic amines) is 1. The van der Waals surface area contributed by atoms with Gasteiger partial charge in [0, 0.05) is 31.3 Å². The monoisotopic (exact) mass is 435 g/mol.